The topological polar surface area (TPSA) is 94.6 Å². The first kappa shape index (κ1) is 21.9. The van der Waals surface area contributed by atoms with Crippen LogP contribution in [-0.4, -0.2) is 47.9 Å². The van der Waals surface area contributed by atoms with Gasteiger partial charge in [0.05, 0.1) is 12.2 Å². The number of amides is 4. The molecule has 3 aliphatic rings. The highest BCUT2D eigenvalue weighted by molar-refractivity contribution is 7.13. The van der Waals surface area contributed by atoms with Crippen LogP contribution in [0.2, 0.25) is 0 Å². The van der Waals surface area contributed by atoms with Gasteiger partial charge in [0.2, 0.25) is 5.91 Å². The second kappa shape index (κ2) is 8.13. The number of hydrogen-bond donors (Lipinski definition) is 2. The highest BCUT2D eigenvalue weighted by atomic mass is 32.1. The lowest BCUT2D eigenvalue weighted by atomic mass is 9.89. The molecule has 2 aromatic rings. The van der Waals surface area contributed by atoms with E-state index in [-0.39, 0.29) is 24.3 Å². The first-order valence-electron chi connectivity index (χ1n) is 11.5. The fourth-order valence-corrected chi connectivity index (χ4v) is 5.90. The zero-order valence-electron chi connectivity index (χ0n) is 19.1. The minimum absolute atomic E-state index is 0.112. The molecule has 2 aliphatic carbocycles. The quantitative estimate of drug-likeness (QED) is 0.611. The summed E-state index contributed by atoms with van der Waals surface area (Å²) in [6.45, 7) is 2.23. The molecule has 1 spiro atoms. The molecule has 174 valence electrons. The van der Waals surface area contributed by atoms with Crippen LogP contribution in [0.5, 0.6) is 0 Å². The van der Waals surface area contributed by atoms with Gasteiger partial charge in [-0.15, -0.1) is 11.3 Å². The molecule has 1 saturated heterocycles. The van der Waals surface area contributed by atoms with Crippen LogP contribution >= 0.6 is 11.3 Å². The Kier molecular flexibility index (Phi) is 5.39. The van der Waals surface area contributed by atoms with Crippen LogP contribution in [0.25, 0.3) is 0 Å². The van der Waals surface area contributed by atoms with Crippen LogP contribution in [0.15, 0.2) is 29.6 Å². The fraction of sp³-hybridized carbons (Fsp3) is 0.500. The Hall–Kier alpha value is -2.94. The maximum absolute atomic E-state index is 13.8. The average molecular weight is 468 g/mol. The summed E-state index contributed by atoms with van der Waals surface area (Å²) in [5, 5.41) is 8.68. The van der Waals surface area contributed by atoms with E-state index < -0.39 is 17.6 Å². The van der Waals surface area contributed by atoms with Gasteiger partial charge < -0.3 is 15.5 Å². The van der Waals surface area contributed by atoms with Gasteiger partial charge >= 0.3 is 6.03 Å². The summed E-state index contributed by atoms with van der Waals surface area (Å²) in [5.74, 6) is -0.387. The van der Waals surface area contributed by atoms with Gasteiger partial charge in [-0.2, -0.15) is 0 Å². The Bertz CT molecular complexity index is 1110. The van der Waals surface area contributed by atoms with Crippen molar-refractivity contribution in [1.29, 1.82) is 0 Å². The summed E-state index contributed by atoms with van der Waals surface area (Å²) in [5.41, 5.74) is 1.62. The number of nitrogens with one attached hydrogen (secondary N) is 2. The highest BCUT2D eigenvalue weighted by Gasteiger charge is 2.59. The van der Waals surface area contributed by atoms with Gasteiger partial charge in [-0.3, -0.25) is 9.59 Å². The van der Waals surface area contributed by atoms with E-state index >= 15 is 0 Å². The molecule has 1 saturated carbocycles. The second-order valence-corrected chi connectivity index (χ2v) is 10.4. The number of anilines is 1. The van der Waals surface area contributed by atoms with Gasteiger partial charge in [0.25, 0.3) is 5.91 Å². The molecular weight excluding hydrogens is 438 g/mol. The number of carbonyl (C=O) groups is 3. The van der Waals surface area contributed by atoms with Crippen molar-refractivity contribution in [1.82, 2.24) is 20.5 Å². The van der Waals surface area contributed by atoms with Crippen molar-refractivity contribution in [3.63, 3.8) is 0 Å². The van der Waals surface area contributed by atoms with Crippen LogP contribution in [0.3, 0.4) is 0 Å². The number of carbonyl (C=O) groups excluding carboxylic acids is 3. The average Bonchev–Trinajstić information content (AvgIpc) is 3.34. The van der Waals surface area contributed by atoms with Gasteiger partial charge in [-0.25, -0.2) is 14.7 Å². The zero-order chi connectivity index (χ0) is 23.3. The van der Waals surface area contributed by atoms with Gasteiger partial charge in [-0.1, -0.05) is 31.2 Å². The number of aryl methyl sites for hydroxylation is 1. The van der Waals surface area contributed by atoms with E-state index in [0.29, 0.717) is 12.3 Å². The summed E-state index contributed by atoms with van der Waals surface area (Å²) in [7, 11) is 3.84. The van der Waals surface area contributed by atoms with Gasteiger partial charge in [0.1, 0.15) is 11.6 Å². The Labute approximate surface area is 197 Å². The van der Waals surface area contributed by atoms with Crippen LogP contribution in [-0.2, 0) is 28.1 Å². The van der Waals surface area contributed by atoms with Crippen molar-refractivity contribution in [2.24, 2.45) is 11.8 Å². The molecule has 3 atom stereocenters. The third-order valence-corrected chi connectivity index (χ3v) is 8.20. The molecule has 33 heavy (non-hydrogen) atoms. The number of imide groups is 1. The maximum Gasteiger partial charge on any atom is 0.326 e. The number of aromatic nitrogens is 1. The predicted molar refractivity (Wildman–Crippen MR) is 126 cm³/mol. The molecule has 0 bridgehead atoms. The lowest BCUT2D eigenvalue weighted by Gasteiger charge is -2.30. The van der Waals surface area contributed by atoms with Crippen molar-refractivity contribution >= 4 is 34.3 Å². The Morgan fingerprint density at radius 2 is 2.09 bits per heavy atom. The SMILES string of the molecule is C[C@@H](C1CC1)C(C(=O)NCc1csc(N(C)C)n1)N1C(=O)N[C@]2(CCc3ccccc32)C1=O. The van der Waals surface area contributed by atoms with Gasteiger partial charge in [-0.05, 0) is 48.6 Å². The first-order chi connectivity index (χ1) is 15.8. The monoisotopic (exact) mass is 467 g/mol. The summed E-state index contributed by atoms with van der Waals surface area (Å²) in [6.07, 6.45) is 3.27. The molecule has 1 unspecified atom stereocenters. The Morgan fingerprint density at radius 1 is 1.33 bits per heavy atom. The number of rotatable bonds is 7. The molecule has 1 aromatic heterocycles. The normalized spacial score (nSPS) is 23.4. The molecule has 2 fully saturated rings. The van der Waals surface area contributed by atoms with E-state index in [1.807, 2.05) is 55.6 Å². The van der Waals surface area contributed by atoms with Crippen molar-refractivity contribution in [3.8, 4) is 0 Å². The number of urea groups is 1. The van der Waals surface area contributed by atoms with Gasteiger partial charge in [0, 0.05) is 19.5 Å². The minimum atomic E-state index is -1.06. The summed E-state index contributed by atoms with van der Waals surface area (Å²) in [6, 6.07) is 6.42. The predicted octanol–water partition coefficient (Wildman–Crippen LogP) is 2.63. The number of fused-ring (bicyclic) bond motifs is 2. The van der Waals surface area contributed by atoms with E-state index in [2.05, 4.69) is 15.6 Å². The number of benzene rings is 1. The third-order valence-electron chi connectivity index (χ3n) is 7.15. The Morgan fingerprint density at radius 3 is 2.79 bits per heavy atom. The van der Waals surface area contributed by atoms with E-state index in [0.717, 1.165) is 41.2 Å². The van der Waals surface area contributed by atoms with E-state index in [9.17, 15) is 14.4 Å². The Balaban J connectivity index is 1.40. The standard InChI is InChI=1S/C24H29N5O3S/c1-14(15-8-9-15)19(20(30)25-12-17-13-33-23(26-17)28(2)3)29-21(31)24(27-22(29)32)11-10-16-6-4-5-7-18(16)24/h4-7,13-15,19H,8-12H2,1-3H3,(H,25,30)(H,27,32)/t14-,19?,24-/m0/s1. The zero-order valence-corrected chi connectivity index (χ0v) is 19.9. The molecule has 1 aliphatic heterocycles. The first-order valence-corrected chi connectivity index (χ1v) is 12.3. The van der Waals surface area contributed by atoms with E-state index in [1.165, 1.54) is 16.2 Å². The molecule has 8 nitrogen and oxygen atoms in total. The number of thiazole rings is 1. The largest absolute Gasteiger partial charge is 0.354 e. The molecule has 2 heterocycles. The van der Waals surface area contributed by atoms with Crippen LogP contribution < -0.4 is 15.5 Å². The van der Waals surface area contributed by atoms with Crippen molar-refractivity contribution < 1.29 is 14.4 Å². The van der Waals surface area contributed by atoms with Crippen molar-refractivity contribution in [2.45, 2.75) is 50.7 Å². The highest BCUT2D eigenvalue weighted by Crippen LogP contribution is 2.45. The van der Waals surface area contributed by atoms with Crippen LogP contribution in [0, 0.1) is 11.8 Å². The molecule has 2 N–H and O–H groups in total. The lowest BCUT2D eigenvalue weighted by Crippen LogP contribution is -2.54. The van der Waals surface area contributed by atoms with Crippen LogP contribution in [0.1, 0.15) is 43.0 Å². The van der Waals surface area contributed by atoms with E-state index in [1.54, 1.807) is 0 Å². The fourth-order valence-electron chi connectivity index (χ4n) is 5.15. The number of hydrogen-bond acceptors (Lipinski definition) is 6. The molecule has 5 rings (SSSR count). The van der Waals surface area contributed by atoms with E-state index in [4.69, 9.17) is 0 Å². The molecule has 9 heteroatoms. The smallest absolute Gasteiger partial charge is 0.326 e. The second-order valence-electron chi connectivity index (χ2n) is 9.54. The third kappa shape index (κ3) is 3.68. The van der Waals surface area contributed by atoms with Crippen molar-refractivity contribution in [3.05, 3.63) is 46.5 Å². The minimum Gasteiger partial charge on any atom is -0.354 e. The van der Waals surface area contributed by atoms with Crippen LogP contribution in [0.4, 0.5) is 9.93 Å². The summed E-state index contributed by atoms with van der Waals surface area (Å²) in [4.78, 5) is 48.1. The number of nitrogens with zero attached hydrogens (tertiary/aromatic N) is 3. The lowest BCUT2D eigenvalue weighted by molar-refractivity contribution is -0.140. The molecule has 0 radical (unpaired) electrons. The molecule has 4 amide bonds. The summed E-state index contributed by atoms with van der Waals surface area (Å²) >= 11 is 1.51. The van der Waals surface area contributed by atoms with Gasteiger partial charge in [0.15, 0.2) is 5.13 Å². The molecular formula is C24H29N5O3S. The molecule has 1 aromatic carbocycles. The van der Waals surface area contributed by atoms with Crippen molar-refractivity contribution in [2.75, 3.05) is 19.0 Å². The maximum atomic E-state index is 13.8. The summed E-state index contributed by atoms with van der Waals surface area (Å²) < 4.78 is 0.